The fourth-order valence-corrected chi connectivity index (χ4v) is 3.01. The third kappa shape index (κ3) is 5.14. The first-order chi connectivity index (χ1) is 10.2. The number of hydrogen-bond acceptors (Lipinski definition) is 4. The highest BCUT2D eigenvalue weighted by atomic mass is 127. The van der Waals surface area contributed by atoms with Crippen molar-refractivity contribution in [2.24, 2.45) is 0 Å². The number of esters is 1. The average molecular weight is 403 g/mol. The lowest BCUT2D eigenvalue weighted by Crippen LogP contribution is -2.45. The molecule has 1 aliphatic heterocycles. The van der Waals surface area contributed by atoms with Crippen LogP contribution in [-0.4, -0.2) is 43.7 Å². The van der Waals surface area contributed by atoms with Crippen molar-refractivity contribution >= 4 is 28.6 Å². The average Bonchev–Trinajstić information content (AvgIpc) is 2.53. The van der Waals surface area contributed by atoms with E-state index in [9.17, 15) is 4.79 Å². The van der Waals surface area contributed by atoms with E-state index < -0.39 is 0 Å². The van der Waals surface area contributed by atoms with Crippen molar-refractivity contribution in [1.82, 2.24) is 4.90 Å². The van der Waals surface area contributed by atoms with E-state index in [0.29, 0.717) is 6.61 Å². The zero-order chi connectivity index (χ0) is 15.1. The Hall–Kier alpha value is -0.820. The Balaban J connectivity index is 1.73. The van der Waals surface area contributed by atoms with Crippen LogP contribution in [-0.2, 0) is 9.53 Å². The SMILES string of the molecule is COC(=O)C1CCCCN1CCCOc1ccc(I)cc1. The highest BCUT2D eigenvalue weighted by Crippen LogP contribution is 2.18. The summed E-state index contributed by atoms with van der Waals surface area (Å²) in [6.07, 6.45) is 4.09. The molecule has 0 aromatic heterocycles. The molecule has 0 radical (unpaired) electrons. The minimum atomic E-state index is -0.103. The highest BCUT2D eigenvalue weighted by molar-refractivity contribution is 14.1. The van der Waals surface area contributed by atoms with Gasteiger partial charge in [-0.3, -0.25) is 9.69 Å². The number of carbonyl (C=O) groups excluding carboxylic acids is 1. The Morgan fingerprint density at radius 1 is 1.33 bits per heavy atom. The van der Waals surface area contributed by atoms with Crippen LogP contribution in [0.3, 0.4) is 0 Å². The first kappa shape index (κ1) is 16.5. The lowest BCUT2D eigenvalue weighted by Gasteiger charge is -2.33. The maximum atomic E-state index is 11.8. The highest BCUT2D eigenvalue weighted by Gasteiger charge is 2.28. The molecule has 0 bridgehead atoms. The van der Waals surface area contributed by atoms with E-state index in [4.69, 9.17) is 9.47 Å². The maximum Gasteiger partial charge on any atom is 0.323 e. The number of hydrogen-bond donors (Lipinski definition) is 0. The molecule has 5 heteroatoms. The monoisotopic (exact) mass is 403 g/mol. The molecule has 0 aliphatic carbocycles. The Bertz CT molecular complexity index is 449. The van der Waals surface area contributed by atoms with Gasteiger partial charge in [-0.25, -0.2) is 0 Å². The minimum Gasteiger partial charge on any atom is -0.494 e. The second-order valence-electron chi connectivity index (χ2n) is 5.23. The summed E-state index contributed by atoms with van der Waals surface area (Å²) in [7, 11) is 1.47. The summed E-state index contributed by atoms with van der Waals surface area (Å²) in [6.45, 7) is 2.53. The summed E-state index contributed by atoms with van der Waals surface area (Å²) in [5.41, 5.74) is 0. The van der Waals surface area contributed by atoms with Gasteiger partial charge in [0.15, 0.2) is 0 Å². The molecule has 4 nitrogen and oxygen atoms in total. The molecule has 0 N–H and O–H groups in total. The Morgan fingerprint density at radius 3 is 2.81 bits per heavy atom. The van der Waals surface area contributed by atoms with Crippen LogP contribution in [0.5, 0.6) is 5.75 Å². The number of halogens is 1. The molecule has 1 heterocycles. The number of ether oxygens (including phenoxy) is 2. The number of nitrogens with zero attached hydrogens (tertiary/aromatic N) is 1. The van der Waals surface area contributed by atoms with Crippen LogP contribution in [0, 0.1) is 3.57 Å². The van der Waals surface area contributed by atoms with Gasteiger partial charge in [0.05, 0.1) is 13.7 Å². The predicted octanol–water partition coefficient (Wildman–Crippen LogP) is 3.09. The first-order valence-corrected chi connectivity index (χ1v) is 8.49. The lowest BCUT2D eigenvalue weighted by molar-refractivity contribution is -0.148. The van der Waals surface area contributed by atoms with Gasteiger partial charge < -0.3 is 9.47 Å². The van der Waals surface area contributed by atoms with Crippen molar-refractivity contribution in [1.29, 1.82) is 0 Å². The second-order valence-corrected chi connectivity index (χ2v) is 6.47. The van der Waals surface area contributed by atoms with E-state index in [2.05, 4.69) is 27.5 Å². The van der Waals surface area contributed by atoms with Gasteiger partial charge in [-0.05, 0) is 72.7 Å². The molecule has 1 aromatic carbocycles. The molecule has 0 spiro atoms. The van der Waals surface area contributed by atoms with E-state index in [1.54, 1.807) is 0 Å². The van der Waals surface area contributed by atoms with Crippen molar-refractivity contribution in [3.63, 3.8) is 0 Å². The second kappa shape index (κ2) is 8.58. The molecule has 1 unspecified atom stereocenters. The van der Waals surface area contributed by atoms with Crippen LogP contribution in [0.4, 0.5) is 0 Å². The third-order valence-electron chi connectivity index (χ3n) is 3.76. The van der Waals surface area contributed by atoms with Crippen molar-refractivity contribution in [2.45, 2.75) is 31.7 Å². The number of methoxy groups -OCH3 is 1. The number of benzene rings is 1. The maximum absolute atomic E-state index is 11.8. The number of rotatable bonds is 6. The molecular formula is C16H22INO3. The predicted molar refractivity (Wildman–Crippen MR) is 90.5 cm³/mol. The summed E-state index contributed by atoms with van der Waals surface area (Å²) in [4.78, 5) is 14.0. The van der Waals surface area contributed by atoms with Gasteiger partial charge >= 0.3 is 5.97 Å². The molecule has 1 aliphatic rings. The fourth-order valence-electron chi connectivity index (χ4n) is 2.65. The summed E-state index contributed by atoms with van der Waals surface area (Å²) >= 11 is 2.28. The van der Waals surface area contributed by atoms with Gasteiger partial charge in [-0.2, -0.15) is 0 Å². The Kier molecular flexibility index (Phi) is 6.76. The molecule has 2 rings (SSSR count). The third-order valence-corrected chi connectivity index (χ3v) is 4.48. The summed E-state index contributed by atoms with van der Waals surface area (Å²) in [5.74, 6) is 0.798. The van der Waals surface area contributed by atoms with E-state index in [1.807, 2.05) is 24.3 Å². The lowest BCUT2D eigenvalue weighted by atomic mass is 10.0. The summed E-state index contributed by atoms with van der Waals surface area (Å²) in [6, 6.07) is 7.98. The van der Waals surface area contributed by atoms with Gasteiger partial charge in [-0.1, -0.05) is 6.42 Å². The Morgan fingerprint density at radius 2 is 2.10 bits per heavy atom. The Labute approximate surface area is 139 Å². The van der Waals surface area contributed by atoms with Gasteiger partial charge in [-0.15, -0.1) is 0 Å². The molecule has 1 fully saturated rings. The van der Waals surface area contributed by atoms with E-state index in [1.165, 1.54) is 10.7 Å². The van der Waals surface area contributed by atoms with Gasteiger partial charge in [0.25, 0.3) is 0 Å². The van der Waals surface area contributed by atoms with Crippen LogP contribution in [0.2, 0.25) is 0 Å². The smallest absolute Gasteiger partial charge is 0.323 e. The summed E-state index contributed by atoms with van der Waals surface area (Å²) in [5, 5.41) is 0. The van der Waals surface area contributed by atoms with Crippen LogP contribution < -0.4 is 4.74 Å². The van der Waals surface area contributed by atoms with Gasteiger partial charge in [0, 0.05) is 10.1 Å². The number of likely N-dealkylation sites (tertiary alicyclic amines) is 1. The number of carbonyl (C=O) groups is 1. The minimum absolute atomic E-state index is 0.0675. The van der Waals surface area contributed by atoms with Gasteiger partial charge in [0.2, 0.25) is 0 Å². The molecule has 116 valence electrons. The van der Waals surface area contributed by atoms with E-state index >= 15 is 0 Å². The van der Waals surface area contributed by atoms with Crippen LogP contribution >= 0.6 is 22.6 Å². The van der Waals surface area contributed by atoms with Crippen molar-refractivity contribution in [2.75, 3.05) is 26.8 Å². The van der Waals surface area contributed by atoms with Crippen LogP contribution in [0.1, 0.15) is 25.7 Å². The molecule has 0 amide bonds. The summed E-state index contributed by atoms with van der Waals surface area (Å²) < 4.78 is 11.8. The van der Waals surface area contributed by atoms with Crippen LogP contribution in [0.15, 0.2) is 24.3 Å². The van der Waals surface area contributed by atoms with Crippen molar-refractivity contribution < 1.29 is 14.3 Å². The zero-order valence-corrected chi connectivity index (χ0v) is 14.5. The molecule has 1 saturated heterocycles. The fraction of sp³-hybridized carbons (Fsp3) is 0.562. The molecule has 1 aromatic rings. The number of piperidine rings is 1. The molecule has 0 saturated carbocycles. The molecular weight excluding hydrogens is 381 g/mol. The zero-order valence-electron chi connectivity index (χ0n) is 12.4. The quantitative estimate of drug-likeness (QED) is 0.416. The molecule has 1 atom stereocenters. The van der Waals surface area contributed by atoms with Crippen molar-refractivity contribution in [3.05, 3.63) is 27.8 Å². The van der Waals surface area contributed by atoms with Crippen molar-refractivity contribution in [3.8, 4) is 5.75 Å². The standard InChI is InChI=1S/C16H22INO3/c1-20-16(19)15-5-2-3-10-18(15)11-4-12-21-14-8-6-13(17)7-9-14/h6-9,15H,2-5,10-12H2,1H3. The first-order valence-electron chi connectivity index (χ1n) is 7.41. The van der Waals surface area contributed by atoms with E-state index in [0.717, 1.165) is 44.5 Å². The van der Waals surface area contributed by atoms with Gasteiger partial charge in [0.1, 0.15) is 11.8 Å². The van der Waals surface area contributed by atoms with E-state index in [-0.39, 0.29) is 12.0 Å². The topological polar surface area (TPSA) is 38.8 Å². The largest absolute Gasteiger partial charge is 0.494 e. The molecule has 21 heavy (non-hydrogen) atoms. The normalized spacial score (nSPS) is 19.2. The van der Waals surface area contributed by atoms with Crippen LogP contribution in [0.25, 0.3) is 0 Å².